The highest BCUT2D eigenvalue weighted by Crippen LogP contribution is 2.67. The number of nitrogens with zero attached hydrogens (tertiary/aromatic N) is 1. The highest BCUT2D eigenvalue weighted by Gasteiger charge is 2.63. The zero-order valence-electron chi connectivity index (χ0n) is 15.2. The van der Waals surface area contributed by atoms with E-state index >= 15 is 0 Å². The van der Waals surface area contributed by atoms with Gasteiger partial charge in [0.1, 0.15) is 5.60 Å². The summed E-state index contributed by atoms with van der Waals surface area (Å²) in [7, 11) is 0. The standard InChI is InChI=1S/C22H27NO2/c1-4-22(24)10-8-18-16-6-5-15-11-19-14(13-23-25-19)12-20(15,2)17(16)7-9-21(18,22)3/h1,11,13,16-18,24H,5-10,12H2,2-3H3/t16-,17+,18-,20+,21-,22+/m0/s1. The van der Waals surface area contributed by atoms with Crippen LogP contribution in [0.5, 0.6) is 0 Å². The number of allylic oxidation sites excluding steroid dienone is 1. The predicted molar refractivity (Wildman–Crippen MR) is 96.4 cm³/mol. The SMILES string of the molecule is C#C[C@@]1(O)CC[C@H]2[C@H]3CCC4=Cc5oncc5C[C@@]4(C)[C@@H]3CC[C@@]21C. The van der Waals surface area contributed by atoms with Gasteiger partial charge in [-0.2, -0.15) is 0 Å². The smallest absolute Gasteiger partial charge is 0.162 e. The maximum atomic E-state index is 11.1. The summed E-state index contributed by atoms with van der Waals surface area (Å²) in [4.78, 5) is 0. The van der Waals surface area contributed by atoms with E-state index in [0.29, 0.717) is 17.8 Å². The molecule has 0 unspecified atom stereocenters. The summed E-state index contributed by atoms with van der Waals surface area (Å²) in [5.41, 5.74) is 1.99. The second-order valence-corrected chi connectivity index (χ2v) is 9.39. The van der Waals surface area contributed by atoms with Crippen molar-refractivity contribution >= 4 is 6.08 Å². The Bertz CT molecular complexity index is 801. The van der Waals surface area contributed by atoms with Gasteiger partial charge in [0.25, 0.3) is 0 Å². The Morgan fingerprint density at radius 1 is 1.24 bits per heavy atom. The summed E-state index contributed by atoms with van der Waals surface area (Å²) >= 11 is 0. The molecule has 0 aromatic carbocycles. The summed E-state index contributed by atoms with van der Waals surface area (Å²) in [5, 5.41) is 15.1. The van der Waals surface area contributed by atoms with Crippen LogP contribution < -0.4 is 0 Å². The summed E-state index contributed by atoms with van der Waals surface area (Å²) in [6, 6.07) is 0. The number of hydrogen-bond donors (Lipinski definition) is 1. The van der Waals surface area contributed by atoms with Gasteiger partial charge in [0, 0.05) is 11.0 Å². The van der Waals surface area contributed by atoms with E-state index in [0.717, 1.165) is 44.3 Å². The fourth-order valence-electron chi connectivity index (χ4n) is 7.14. The van der Waals surface area contributed by atoms with Crippen LogP contribution >= 0.6 is 0 Å². The molecule has 132 valence electrons. The minimum absolute atomic E-state index is 0.114. The first kappa shape index (κ1) is 15.7. The summed E-state index contributed by atoms with van der Waals surface area (Å²) in [6.07, 6.45) is 17.4. The van der Waals surface area contributed by atoms with Crippen molar-refractivity contribution in [1.29, 1.82) is 0 Å². The first-order valence-corrected chi connectivity index (χ1v) is 9.76. The minimum atomic E-state index is -0.909. The molecule has 1 aromatic rings. The average Bonchev–Trinajstić information content (AvgIpc) is 3.14. The normalized spacial score (nSPS) is 47.8. The van der Waals surface area contributed by atoms with E-state index in [1.807, 2.05) is 6.20 Å². The highest BCUT2D eigenvalue weighted by molar-refractivity contribution is 5.57. The minimum Gasteiger partial charge on any atom is -0.377 e. The monoisotopic (exact) mass is 337 g/mol. The molecule has 3 saturated carbocycles. The second kappa shape index (κ2) is 4.80. The average molecular weight is 337 g/mol. The van der Waals surface area contributed by atoms with Crippen molar-refractivity contribution < 1.29 is 9.63 Å². The van der Waals surface area contributed by atoms with Crippen LogP contribution in [0, 0.1) is 40.9 Å². The van der Waals surface area contributed by atoms with Crippen molar-refractivity contribution in [2.24, 2.45) is 28.6 Å². The van der Waals surface area contributed by atoms with Crippen LogP contribution in [0.1, 0.15) is 63.7 Å². The van der Waals surface area contributed by atoms with Gasteiger partial charge in [-0.05, 0) is 74.2 Å². The molecule has 0 aliphatic heterocycles. The quantitative estimate of drug-likeness (QED) is 0.721. The van der Waals surface area contributed by atoms with E-state index in [-0.39, 0.29) is 10.8 Å². The first-order valence-electron chi connectivity index (χ1n) is 9.76. The van der Waals surface area contributed by atoms with Gasteiger partial charge in [-0.1, -0.05) is 30.5 Å². The second-order valence-electron chi connectivity index (χ2n) is 9.39. The van der Waals surface area contributed by atoms with Gasteiger partial charge in [-0.3, -0.25) is 0 Å². The fourth-order valence-corrected chi connectivity index (χ4v) is 7.14. The van der Waals surface area contributed by atoms with E-state index < -0.39 is 5.60 Å². The molecule has 4 aliphatic rings. The van der Waals surface area contributed by atoms with E-state index in [9.17, 15) is 5.11 Å². The van der Waals surface area contributed by atoms with E-state index in [1.165, 1.54) is 12.0 Å². The van der Waals surface area contributed by atoms with Crippen molar-refractivity contribution in [3.05, 3.63) is 23.1 Å². The van der Waals surface area contributed by atoms with Crippen LogP contribution in [-0.2, 0) is 6.42 Å². The van der Waals surface area contributed by atoms with E-state index in [4.69, 9.17) is 10.9 Å². The fraction of sp³-hybridized carbons (Fsp3) is 0.682. The van der Waals surface area contributed by atoms with Crippen LogP contribution in [0.2, 0.25) is 0 Å². The van der Waals surface area contributed by atoms with Gasteiger partial charge in [-0.15, -0.1) is 6.42 Å². The van der Waals surface area contributed by atoms with Gasteiger partial charge < -0.3 is 9.63 Å². The zero-order valence-corrected chi connectivity index (χ0v) is 15.2. The van der Waals surface area contributed by atoms with Crippen LogP contribution in [0.3, 0.4) is 0 Å². The third kappa shape index (κ3) is 1.79. The molecule has 1 heterocycles. The van der Waals surface area contributed by atoms with Crippen LogP contribution in [0.4, 0.5) is 0 Å². The number of rotatable bonds is 0. The number of fused-ring (bicyclic) bond motifs is 6. The number of aromatic nitrogens is 1. The molecule has 0 radical (unpaired) electrons. The first-order chi connectivity index (χ1) is 11.9. The largest absolute Gasteiger partial charge is 0.377 e. The zero-order chi connectivity index (χ0) is 17.4. The van der Waals surface area contributed by atoms with Crippen molar-refractivity contribution in [2.45, 2.75) is 64.4 Å². The lowest BCUT2D eigenvalue weighted by Gasteiger charge is -2.58. The summed E-state index contributed by atoms with van der Waals surface area (Å²) in [6.45, 7) is 4.71. The van der Waals surface area contributed by atoms with Crippen molar-refractivity contribution in [1.82, 2.24) is 5.16 Å². The van der Waals surface area contributed by atoms with Gasteiger partial charge in [0.15, 0.2) is 5.76 Å². The lowest BCUT2D eigenvalue weighted by molar-refractivity contribution is -0.0975. The van der Waals surface area contributed by atoms with Gasteiger partial charge in [-0.25, -0.2) is 0 Å². The molecule has 0 saturated heterocycles. The molecule has 3 nitrogen and oxygen atoms in total. The highest BCUT2D eigenvalue weighted by atomic mass is 16.5. The third-order valence-electron chi connectivity index (χ3n) is 8.67. The molecule has 1 aromatic heterocycles. The number of aliphatic hydroxyl groups is 1. The topological polar surface area (TPSA) is 46.3 Å². The van der Waals surface area contributed by atoms with Gasteiger partial charge in [0.05, 0.1) is 6.20 Å². The Balaban J connectivity index is 1.53. The lowest BCUT2D eigenvalue weighted by atomic mass is 9.46. The molecule has 3 heteroatoms. The van der Waals surface area contributed by atoms with Crippen molar-refractivity contribution in [3.8, 4) is 12.3 Å². The summed E-state index contributed by atoms with van der Waals surface area (Å²) in [5.74, 6) is 5.64. The Labute approximate surface area is 149 Å². The molecular weight excluding hydrogens is 310 g/mol. The molecule has 1 N–H and O–H groups in total. The molecule has 6 atom stereocenters. The number of terminal acetylenes is 1. The van der Waals surface area contributed by atoms with Gasteiger partial charge >= 0.3 is 0 Å². The molecular formula is C22H27NO2. The molecule has 5 rings (SSSR count). The number of hydrogen-bond acceptors (Lipinski definition) is 3. The Hall–Kier alpha value is -1.53. The maximum absolute atomic E-state index is 11.1. The van der Waals surface area contributed by atoms with Crippen molar-refractivity contribution in [2.75, 3.05) is 0 Å². The van der Waals surface area contributed by atoms with Crippen molar-refractivity contribution in [3.63, 3.8) is 0 Å². The lowest BCUT2D eigenvalue weighted by Crippen LogP contribution is -2.54. The molecule has 3 fully saturated rings. The van der Waals surface area contributed by atoms with E-state index in [2.05, 4.69) is 31.0 Å². The molecule has 25 heavy (non-hydrogen) atoms. The third-order valence-corrected chi connectivity index (χ3v) is 8.67. The molecule has 4 aliphatic carbocycles. The van der Waals surface area contributed by atoms with Crippen LogP contribution in [0.25, 0.3) is 6.08 Å². The van der Waals surface area contributed by atoms with Crippen LogP contribution in [-0.4, -0.2) is 15.9 Å². The maximum Gasteiger partial charge on any atom is 0.162 e. The Kier molecular flexibility index (Phi) is 3.01. The molecule has 0 bridgehead atoms. The van der Waals surface area contributed by atoms with Gasteiger partial charge in [0.2, 0.25) is 0 Å². The van der Waals surface area contributed by atoms with Crippen LogP contribution in [0.15, 0.2) is 16.3 Å². The summed E-state index contributed by atoms with van der Waals surface area (Å²) < 4.78 is 5.43. The molecule has 0 spiro atoms. The predicted octanol–water partition coefficient (Wildman–Crippen LogP) is 4.22. The Morgan fingerprint density at radius 2 is 2.04 bits per heavy atom. The Morgan fingerprint density at radius 3 is 2.84 bits per heavy atom. The van der Waals surface area contributed by atoms with E-state index in [1.54, 1.807) is 5.57 Å². The molecule has 0 amide bonds.